The topological polar surface area (TPSA) is 110 Å². The second kappa shape index (κ2) is 11.9. The molecule has 2 N–H and O–H groups in total. The summed E-state index contributed by atoms with van der Waals surface area (Å²) in [4.78, 5) is 45.2. The molecule has 4 rings (SSSR count). The Kier molecular flexibility index (Phi) is 8.37. The van der Waals surface area contributed by atoms with Gasteiger partial charge in [0.15, 0.2) is 0 Å². The molecule has 3 aromatic carbocycles. The number of benzene rings is 3. The number of carbonyl (C=O) groups is 3. The number of amides is 2. The lowest BCUT2D eigenvalue weighted by molar-refractivity contribution is -0.142. The van der Waals surface area contributed by atoms with Crippen molar-refractivity contribution >= 4 is 57.6 Å². The quantitative estimate of drug-likeness (QED) is 0.186. The molecule has 2 amide bonds. The number of thioether (sulfide) groups is 1. The lowest BCUT2D eigenvalue weighted by Crippen LogP contribution is -2.39. The Hall–Kier alpha value is -3.95. The highest BCUT2D eigenvalue weighted by Crippen LogP contribution is 2.34. The lowest BCUT2D eigenvalue weighted by Gasteiger charge is -2.13. The van der Waals surface area contributed by atoms with Gasteiger partial charge < -0.3 is 15.4 Å². The number of anilines is 1. The summed E-state index contributed by atoms with van der Waals surface area (Å²) in [5.74, 6) is -1.25. The van der Waals surface area contributed by atoms with Crippen molar-refractivity contribution < 1.29 is 19.1 Å². The highest BCUT2D eigenvalue weighted by Gasteiger charge is 2.18. The van der Waals surface area contributed by atoms with Crippen molar-refractivity contribution in [3.05, 3.63) is 83.8 Å². The van der Waals surface area contributed by atoms with Crippen molar-refractivity contribution in [2.45, 2.75) is 18.0 Å². The molecule has 0 aliphatic carbocycles. The zero-order valence-corrected chi connectivity index (χ0v) is 21.6. The maximum absolute atomic E-state index is 12.7. The van der Waals surface area contributed by atoms with Crippen LogP contribution in [0.2, 0.25) is 5.02 Å². The third-order valence-electron chi connectivity index (χ3n) is 5.50. The zero-order chi connectivity index (χ0) is 26.4. The molecule has 37 heavy (non-hydrogen) atoms. The van der Waals surface area contributed by atoms with E-state index in [1.54, 1.807) is 6.20 Å². The average Bonchev–Trinajstić information content (AvgIpc) is 2.92. The van der Waals surface area contributed by atoms with Crippen molar-refractivity contribution in [2.75, 3.05) is 18.2 Å². The van der Waals surface area contributed by atoms with Gasteiger partial charge in [-0.05, 0) is 41.5 Å². The number of methoxy groups -OCH3 is 1. The molecule has 0 spiro atoms. The van der Waals surface area contributed by atoms with E-state index in [0.29, 0.717) is 10.7 Å². The minimum absolute atomic E-state index is 0.0873. The molecule has 8 nitrogen and oxygen atoms in total. The Morgan fingerprint density at radius 3 is 2.62 bits per heavy atom. The number of ether oxygens (including phenoxy) is 1. The van der Waals surface area contributed by atoms with E-state index in [9.17, 15) is 14.4 Å². The van der Waals surface area contributed by atoms with Crippen LogP contribution in [0.4, 0.5) is 5.69 Å². The van der Waals surface area contributed by atoms with E-state index < -0.39 is 17.9 Å². The molecule has 0 aliphatic rings. The van der Waals surface area contributed by atoms with Crippen molar-refractivity contribution in [3.63, 3.8) is 0 Å². The third kappa shape index (κ3) is 6.25. The lowest BCUT2D eigenvalue weighted by atomic mass is 10.0. The third-order valence-corrected chi connectivity index (χ3v) is 6.82. The smallest absolute Gasteiger partial charge is 0.328 e. The van der Waals surface area contributed by atoms with Gasteiger partial charge in [-0.1, -0.05) is 65.8 Å². The standard InChI is InChI=1S/C27H23ClN4O4S/c1-16(27(35)36-2)31-25(34)18-10-11-23(22(28)12-18)32-24(33)14-37-26-21(13-29-15-30-26)20-9-5-7-17-6-3-4-8-19(17)20/h3-13,15-16H,14H2,1-2H3,(H,31,34)(H,32,33). The first-order valence-electron chi connectivity index (χ1n) is 11.3. The van der Waals surface area contributed by atoms with Gasteiger partial charge in [-0.15, -0.1) is 0 Å². The van der Waals surface area contributed by atoms with E-state index in [1.165, 1.54) is 50.3 Å². The zero-order valence-electron chi connectivity index (χ0n) is 20.0. The van der Waals surface area contributed by atoms with Crippen molar-refractivity contribution in [1.29, 1.82) is 0 Å². The predicted molar refractivity (Wildman–Crippen MR) is 145 cm³/mol. The largest absolute Gasteiger partial charge is 0.467 e. The molecule has 1 aromatic heterocycles. The maximum atomic E-state index is 12.7. The molecular weight excluding hydrogens is 512 g/mol. The minimum Gasteiger partial charge on any atom is -0.467 e. The molecule has 0 aliphatic heterocycles. The van der Waals surface area contributed by atoms with Crippen LogP contribution in [0.5, 0.6) is 0 Å². The number of aromatic nitrogens is 2. The SMILES string of the molecule is COC(=O)C(C)NC(=O)c1ccc(NC(=O)CSc2ncncc2-c2cccc3ccccc23)c(Cl)c1. The number of nitrogens with zero attached hydrogens (tertiary/aromatic N) is 2. The summed E-state index contributed by atoms with van der Waals surface area (Å²) in [6, 6.07) is 17.7. The molecule has 0 saturated heterocycles. The molecule has 0 saturated carbocycles. The normalized spacial score (nSPS) is 11.5. The Labute approximate surface area is 222 Å². The van der Waals surface area contributed by atoms with Gasteiger partial charge in [-0.25, -0.2) is 14.8 Å². The van der Waals surface area contributed by atoms with Crippen LogP contribution in [0.25, 0.3) is 21.9 Å². The fourth-order valence-corrected chi connectivity index (χ4v) is 4.68. The summed E-state index contributed by atoms with van der Waals surface area (Å²) in [6.45, 7) is 1.51. The van der Waals surface area contributed by atoms with E-state index in [-0.39, 0.29) is 22.2 Å². The first-order valence-corrected chi connectivity index (χ1v) is 12.6. The molecular formula is C27H23ClN4O4S. The van der Waals surface area contributed by atoms with Gasteiger partial charge in [0.25, 0.3) is 5.91 Å². The molecule has 188 valence electrons. The first kappa shape index (κ1) is 26.1. The molecule has 1 heterocycles. The van der Waals surface area contributed by atoms with E-state index >= 15 is 0 Å². The van der Waals surface area contributed by atoms with Crippen LogP contribution < -0.4 is 10.6 Å². The molecule has 1 atom stereocenters. The predicted octanol–water partition coefficient (Wildman–Crippen LogP) is 4.97. The van der Waals surface area contributed by atoms with Crippen LogP contribution in [0.15, 0.2) is 78.2 Å². The van der Waals surface area contributed by atoms with E-state index in [2.05, 4.69) is 25.3 Å². The minimum atomic E-state index is -0.812. The Morgan fingerprint density at radius 1 is 1.05 bits per heavy atom. The molecule has 0 radical (unpaired) electrons. The van der Waals surface area contributed by atoms with Crippen LogP contribution >= 0.6 is 23.4 Å². The molecule has 0 fully saturated rings. The number of hydrogen-bond acceptors (Lipinski definition) is 7. The number of hydrogen-bond donors (Lipinski definition) is 2. The van der Waals surface area contributed by atoms with E-state index in [4.69, 9.17) is 11.6 Å². The van der Waals surface area contributed by atoms with Crippen molar-refractivity contribution in [2.24, 2.45) is 0 Å². The van der Waals surface area contributed by atoms with Gasteiger partial charge in [0.05, 0.1) is 23.6 Å². The van der Waals surface area contributed by atoms with Gasteiger partial charge >= 0.3 is 5.97 Å². The van der Waals surface area contributed by atoms with Crippen LogP contribution in [0.1, 0.15) is 17.3 Å². The monoisotopic (exact) mass is 534 g/mol. The molecule has 10 heteroatoms. The number of carbonyl (C=O) groups excluding carboxylic acids is 3. The second-order valence-corrected chi connectivity index (χ2v) is 9.39. The number of halogens is 1. The number of fused-ring (bicyclic) bond motifs is 1. The summed E-state index contributed by atoms with van der Waals surface area (Å²) in [5, 5.41) is 8.33. The fourth-order valence-electron chi connectivity index (χ4n) is 3.67. The summed E-state index contributed by atoms with van der Waals surface area (Å²) in [5.41, 5.74) is 2.43. The maximum Gasteiger partial charge on any atom is 0.328 e. The van der Waals surface area contributed by atoms with Crippen molar-refractivity contribution in [3.8, 4) is 11.1 Å². The van der Waals surface area contributed by atoms with Crippen LogP contribution in [-0.4, -0.2) is 46.7 Å². The second-order valence-electron chi connectivity index (χ2n) is 8.02. The number of rotatable bonds is 8. The van der Waals surface area contributed by atoms with Crippen molar-refractivity contribution in [1.82, 2.24) is 15.3 Å². The molecule has 0 bridgehead atoms. The summed E-state index contributed by atoms with van der Waals surface area (Å²) < 4.78 is 4.60. The average molecular weight is 535 g/mol. The number of esters is 1. The fraction of sp³-hybridized carbons (Fsp3) is 0.148. The Morgan fingerprint density at radius 2 is 1.84 bits per heavy atom. The first-order chi connectivity index (χ1) is 17.9. The van der Waals surface area contributed by atoms with Crippen LogP contribution in [-0.2, 0) is 14.3 Å². The van der Waals surface area contributed by atoms with Gasteiger partial charge in [0.1, 0.15) is 17.4 Å². The Balaban J connectivity index is 1.43. The van der Waals surface area contributed by atoms with Gasteiger partial charge in [0, 0.05) is 17.3 Å². The van der Waals surface area contributed by atoms with Gasteiger partial charge in [0.2, 0.25) is 5.91 Å². The highest BCUT2D eigenvalue weighted by atomic mass is 35.5. The van der Waals surface area contributed by atoms with Crippen LogP contribution in [0, 0.1) is 0 Å². The van der Waals surface area contributed by atoms with Gasteiger partial charge in [-0.3, -0.25) is 9.59 Å². The van der Waals surface area contributed by atoms with Gasteiger partial charge in [-0.2, -0.15) is 0 Å². The Bertz CT molecular complexity index is 1470. The van der Waals surface area contributed by atoms with Crippen LogP contribution in [0.3, 0.4) is 0 Å². The van der Waals surface area contributed by atoms with E-state index in [0.717, 1.165) is 21.9 Å². The summed E-state index contributed by atoms with van der Waals surface area (Å²) in [7, 11) is 1.24. The summed E-state index contributed by atoms with van der Waals surface area (Å²) >= 11 is 7.60. The van der Waals surface area contributed by atoms with E-state index in [1.807, 2.05) is 42.5 Å². The molecule has 4 aromatic rings. The number of nitrogens with one attached hydrogen (secondary N) is 2. The molecule has 1 unspecified atom stereocenters. The highest BCUT2D eigenvalue weighted by molar-refractivity contribution is 8.00. The summed E-state index contributed by atoms with van der Waals surface area (Å²) in [6.07, 6.45) is 3.20.